The molecule has 15 heavy (non-hydrogen) atoms. The first-order valence-corrected chi connectivity index (χ1v) is 5.05. The molecule has 1 unspecified atom stereocenters. The first-order chi connectivity index (χ1) is 7.08. The maximum atomic E-state index is 11.8. The van der Waals surface area contributed by atoms with Crippen LogP contribution in [-0.4, -0.2) is 32.5 Å². The van der Waals surface area contributed by atoms with Crippen molar-refractivity contribution >= 4 is 11.8 Å². The molecule has 0 aromatic heterocycles. The van der Waals surface area contributed by atoms with Gasteiger partial charge in [0.15, 0.2) is 5.78 Å². The Morgan fingerprint density at radius 1 is 1.47 bits per heavy atom. The summed E-state index contributed by atoms with van der Waals surface area (Å²) in [6.45, 7) is 4.20. The Hall–Kier alpha value is -1.16. The average Bonchev–Trinajstić information content (AvgIpc) is 2.27. The van der Waals surface area contributed by atoms with E-state index in [4.69, 9.17) is 0 Å². The van der Waals surface area contributed by atoms with Crippen LogP contribution in [0.1, 0.15) is 20.3 Å². The van der Waals surface area contributed by atoms with Crippen LogP contribution < -0.4 is 5.32 Å². The van der Waals surface area contributed by atoms with E-state index in [1.807, 2.05) is 6.92 Å². The summed E-state index contributed by atoms with van der Waals surface area (Å²) < 4.78 is 4.57. The minimum absolute atomic E-state index is 0.140. The van der Waals surface area contributed by atoms with Gasteiger partial charge < -0.3 is 10.1 Å². The molecule has 0 fully saturated rings. The Labute approximate surface area is 90.7 Å². The number of ether oxygens (including phenoxy) is 1. The van der Waals surface area contributed by atoms with E-state index in [-0.39, 0.29) is 17.3 Å². The SMILES string of the molecule is CCC(C)C(=O)C(=CCNC)C(=O)OC. The lowest BCUT2D eigenvalue weighted by Gasteiger charge is -2.09. The number of hydrogen-bond acceptors (Lipinski definition) is 4. The highest BCUT2D eigenvalue weighted by Crippen LogP contribution is 2.11. The number of methoxy groups -OCH3 is 1. The zero-order chi connectivity index (χ0) is 11.8. The summed E-state index contributed by atoms with van der Waals surface area (Å²) in [6, 6.07) is 0. The number of esters is 1. The van der Waals surface area contributed by atoms with Gasteiger partial charge in [0.2, 0.25) is 0 Å². The normalized spacial score (nSPS) is 13.5. The van der Waals surface area contributed by atoms with Crippen LogP contribution >= 0.6 is 0 Å². The van der Waals surface area contributed by atoms with Crippen molar-refractivity contribution < 1.29 is 14.3 Å². The zero-order valence-electron chi connectivity index (χ0n) is 9.79. The maximum absolute atomic E-state index is 11.8. The van der Waals surface area contributed by atoms with Gasteiger partial charge in [-0.3, -0.25) is 4.79 Å². The fourth-order valence-corrected chi connectivity index (χ4v) is 1.05. The predicted octanol–water partition coefficient (Wildman–Crippen LogP) is 0.920. The van der Waals surface area contributed by atoms with Gasteiger partial charge in [-0.15, -0.1) is 0 Å². The lowest BCUT2D eigenvalue weighted by molar-refractivity contribution is -0.138. The third-order valence-electron chi connectivity index (χ3n) is 2.24. The number of ketones is 1. The molecule has 0 heterocycles. The average molecular weight is 213 g/mol. The van der Waals surface area contributed by atoms with Gasteiger partial charge in [0, 0.05) is 12.5 Å². The number of likely N-dealkylation sites (N-methyl/N-ethyl adjacent to an activating group) is 1. The van der Waals surface area contributed by atoms with Crippen molar-refractivity contribution in [3.8, 4) is 0 Å². The van der Waals surface area contributed by atoms with Crippen molar-refractivity contribution in [2.75, 3.05) is 20.7 Å². The van der Waals surface area contributed by atoms with Crippen LogP contribution in [0.3, 0.4) is 0 Å². The summed E-state index contributed by atoms with van der Waals surface area (Å²) in [4.78, 5) is 23.1. The van der Waals surface area contributed by atoms with Crippen LogP contribution in [0.4, 0.5) is 0 Å². The van der Waals surface area contributed by atoms with E-state index in [0.717, 1.165) is 0 Å². The Balaban J connectivity index is 4.78. The fourth-order valence-electron chi connectivity index (χ4n) is 1.05. The largest absolute Gasteiger partial charge is 0.465 e. The van der Waals surface area contributed by atoms with E-state index in [9.17, 15) is 9.59 Å². The molecule has 0 rings (SSSR count). The second-order valence-electron chi connectivity index (χ2n) is 3.34. The van der Waals surface area contributed by atoms with Crippen molar-refractivity contribution in [1.82, 2.24) is 5.32 Å². The van der Waals surface area contributed by atoms with Crippen molar-refractivity contribution in [2.24, 2.45) is 5.92 Å². The van der Waals surface area contributed by atoms with Crippen molar-refractivity contribution in [3.63, 3.8) is 0 Å². The van der Waals surface area contributed by atoms with Crippen LogP contribution in [0, 0.1) is 5.92 Å². The second kappa shape index (κ2) is 7.17. The maximum Gasteiger partial charge on any atom is 0.341 e. The summed E-state index contributed by atoms with van der Waals surface area (Å²) in [7, 11) is 3.03. The van der Waals surface area contributed by atoms with Crippen molar-refractivity contribution in [3.05, 3.63) is 11.6 Å². The van der Waals surface area contributed by atoms with Gasteiger partial charge in [-0.25, -0.2) is 4.79 Å². The Bertz CT molecular complexity index is 259. The fraction of sp³-hybridized carbons (Fsp3) is 0.636. The highest BCUT2D eigenvalue weighted by molar-refractivity contribution is 6.17. The summed E-state index contributed by atoms with van der Waals surface area (Å²) in [6.07, 6.45) is 2.28. The summed E-state index contributed by atoms with van der Waals surface area (Å²) >= 11 is 0. The Kier molecular flexibility index (Phi) is 6.62. The molecule has 0 radical (unpaired) electrons. The monoisotopic (exact) mass is 213 g/mol. The first kappa shape index (κ1) is 13.8. The van der Waals surface area contributed by atoms with E-state index >= 15 is 0 Å². The van der Waals surface area contributed by atoms with E-state index in [0.29, 0.717) is 13.0 Å². The second-order valence-corrected chi connectivity index (χ2v) is 3.34. The molecule has 0 aliphatic rings. The molecule has 0 bridgehead atoms. The lowest BCUT2D eigenvalue weighted by Crippen LogP contribution is -2.22. The molecule has 0 aromatic carbocycles. The lowest BCUT2D eigenvalue weighted by atomic mass is 9.97. The number of rotatable bonds is 6. The molecule has 0 amide bonds. The predicted molar refractivity (Wildman–Crippen MR) is 58.5 cm³/mol. The molecule has 0 spiro atoms. The van der Waals surface area contributed by atoms with Gasteiger partial charge >= 0.3 is 5.97 Å². The van der Waals surface area contributed by atoms with Gasteiger partial charge in [-0.1, -0.05) is 19.9 Å². The van der Waals surface area contributed by atoms with E-state index in [1.165, 1.54) is 7.11 Å². The van der Waals surface area contributed by atoms with Crippen LogP contribution in [0.15, 0.2) is 11.6 Å². The first-order valence-electron chi connectivity index (χ1n) is 5.05. The number of nitrogens with one attached hydrogen (secondary N) is 1. The van der Waals surface area contributed by atoms with Crippen molar-refractivity contribution in [2.45, 2.75) is 20.3 Å². The van der Waals surface area contributed by atoms with Crippen molar-refractivity contribution in [1.29, 1.82) is 0 Å². The summed E-state index contributed by atoms with van der Waals surface area (Å²) in [5, 5.41) is 2.85. The van der Waals surface area contributed by atoms with Crippen LogP contribution in [-0.2, 0) is 14.3 Å². The molecular weight excluding hydrogens is 194 g/mol. The smallest absolute Gasteiger partial charge is 0.341 e. The Morgan fingerprint density at radius 3 is 2.47 bits per heavy atom. The highest BCUT2D eigenvalue weighted by Gasteiger charge is 2.22. The molecule has 86 valence electrons. The molecule has 0 aliphatic heterocycles. The van der Waals surface area contributed by atoms with E-state index in [2.05, 4.69) is 10.1 Å². The molecule has 0 aromatic rings. The summed E-state index contributed by atoms with van der Waals surface area (Å²) in [5.41, 5.74) is 0.140. The number of carbonyl (C=O) groups excluding carboxylic acids is 2. The minimum atomic E-state index is -0.560. The zero-order valence-corrected chi connectivity index (χ0v) is 9.79. The molecular formula is C11H19NO3. The van der Waals surface area contributed by atoms with Crippen LogP contribution in [0.2, 0.25) is 0 Å². The molecule has 1 atom stereocenters. The van der Waals surface area contributed by atoms with Gasteiger partial charge in [-0.05, 0) is 13.5 Å². The molecule has 0 aliphatic carbocycles. The van der Waals surface area contributed by atoms with Gasteiger partial charge in [0.1, 0.15) is 5.57 Å². The quantitative estimate of drug-likeness (QED) is 0.308. The van der Waals surface area contributed by atoms with E-state index in [1.54, 1.807) is 20.0 Å². The molecule has 0 saturated carbocycles. The Morgan fingerprint density at radius 2 is 2.07 bits per heavy atom. The standard InChI is InChI=1S/C11H19NO3/c1-5-8(2)10(13)9(6-7-12-3)11(14)15-4/h6,8,12H,5,7H2,1-4H3. The van der Waals surface area contributed by atoms with Gasteiger partial charge in [0.25, 0.3) is 0 Å². The number of Topliss-reactive ketones (excluding diaryl/α,β-unsaturated/α-hetero) is 1. The highest BCUT2D eigenvalue weighted by atomic mass is 16.5. The summed E-state index contributed by atoms with van der Waals surface area (Å²) in [5.74, 6) is -0.859. The third-order valence-corrected chi connectivity index (χ3v) is 2.24. The van der Waals surface area contributed by atoms with Gasteiger partial charge in [-0.2, -0.15) is 0 Å². The number of carbonyl (C=O) groups is 2. The molecule has 4 heteroatoms. The van der Waals surface area contributed by atoms with E-state index < -0.39 is 5.97 Å². The molecule has 1 N–H and O–H groups in total. The molecule has 0 saturated heterocycles. The minimum Gasteiger partial charge on any atom is -0.465 e. The van der Waals surface area contributed by atoms with Gasteiger partial charge in [0.05, 0.1) is 7.11 Å². The third kappa shape index (κ3) is 4.25. The topological polar surface area (TPSA) is 55.4 Å². The number of hydrogen-bond donors (Lipinski definition) is 1. The van der Waals surface area contributed by atoms with Crippen LogP contribution in [0.5, 0.6) is 0 Å². The molecule has 4 nitrogen and oxygen atoms in total. The van der Waals surface area contributed by atoms with Crippen LogP contribution in [0.25, 0.3) is 0 Å².